The minimum Gasteiger partial charge on any atom is -0.489 e. The molecule has 0 spiro atoms. The number of nitrogens with zero attached hydrogens (tertiary/aromatic N) is 2. The van der Waals surface area contributed by atoms with Crippen LogP contribution in [0.5, 0.6) is 5.75 Å². The molecule has 0 aliphatic heterocycles. The number of benzene rings is 2. The molecule has 122 valence electrons. The van der Waals surface area contributed by atoms with Gasteiger partial charge in [-0.3, -0.25) is 4.79 Å². The van der Waals surface area contributed by atoms with Gasteiger partial charge in [0.2, 0.25) is 0 Å². The Kier molecular flexibility index (Phi) is 5.19. The van der Waals surface area contributed by atoms with Gasteiger partial charge in [0.1, 0.15) is 12.4 Å². The largest absolute Gasteiger partial charge is 0.489 e. The van der Waals surface area contributed by atoms with Crippen LogP contribution in [-0.2, 0) is 13.0 Å². The Morgan fingerprint density at radius 1 is 1.04 bits per heavy atom. The van der Waals surface area contributed by atoms with E-state index in [9.17, 15) is 4.79 Å². The Morgan fingerprint density at radius 2 is 1.83 bits per heavy atom. The Morgan fingerprint density at radius 3 is 2.54 bits per heavy atom. The second kappa shape index (κ2) is 7.92. The van der Waals surface area contributed by atoms with E-state index >= 15 is 0 Å². The van der Waals surface area contributed by atoms with Gasteiger partial charge in [0.25, 0.3) is 5.91 Å². The van der Waals surface area contributed by atoms with Crippen molar-refractivity contribution in [1.29, 1.82) is 0 Å². The van der Waals surface area contributed by atoms with Gasteiger partial charge in [-0.25, -0.2) is 0 Å². The summed E-state index contributed by atoms with van der Waals surface area (Å²) >= 11 is 0. The van der Waals surface area contributed by atoms with Crippen LogP contribution in [-0.4, -0.2) is 27.9 Å². The van der Waals surface area contributed by atoms with Gasteiger partial charge in [0, 0.05) is 6.54 Å². The van der Waals surface area contributed by atoms with E-state index in [4.69, 9.17) is 4.74 Å². The maximum absolute atomic E-state index is 11.7. The molecule has 0 radical (unpaired) electrons. The third-order valence-electron chi connectivity index (χ3n) is 3.52. The molecule has 0 aliphatic rings. The van der Waals surface area contributed by atoms with E-state index in [2.05, 4.69) is 20.7 Å². The number of hydrogen-bond acceptors (Lipinski definition) is 4. The zero-order valence-corrected chi connectivity index (χ0v) is 13.1. The van der Waals surface area contributed by atoms with E-state index in [0.717, 1.165) is 23.3 Å². The van der Waals surface area contributed by atoms with Crippen molar-refractivity contribution in [3.05, 3.63) is 77.6 Å². The van der Waals surface area contributed by atoms with E-state index in [-0.39, 0.29) is 5.91 Å². The van der Waals surface area contributed by atoms with Gasteiger partial charge in [0.05, 0.1) is 6.20 Å². The molecule has 0 bridgehead atoms. The third-order valence-corrected chi connectivity index (χ3v) is 3.52. The number of hydrogen-bond donors (Lipinski definition) is 2. The molecule has 3 rings (SSSR count). The topological polar surface area (TPSA) is 79.9 Å². The lowest BCUT2D eigenvalue weighted by Gasteiger charge is -2.08. The number of carbonyl (C=O) groups is 1. The number of H-pyrrole nitrogens is 1. The van der Waals surface area contributed by atoms with Crippen LogP contribution in [0.15, 0.2) is 60.8 Å². The molecule has 2 aromatic carbocycles. The van der Waals surface area contributed by atoms with Crippen LogP contribution in [0.2, 0.25) is 0 Å². The van der Waals surface area contributed by atoms with Crippen molar-refractivity contribution < 1.29 is 9.53 Å². The van der Waals surface area contributed by atoms with Crippen molar-refractivity contribution >= 4 is 5.91 Å². The Bertz CT molecular complexity index is 755. The van der Waals surface area contributed by atoms with Crippen molar-refractivity contribution in [2.75, 3.05) is 6.54 Å². The number of amides is 1. The average Bonchev–Trinajstić information content (AvgIpc) is 3.17. The van der Waals surface area contributed by atoms with E-state index in [1.54, 1.807) is 0 Å². The molecule has 0 aliphatic carbocycles. The van der Waals surface area contributed by atoms with E-state index in [1.807, 2.05) is 54.6 Å². The van der Waals surface area contributed by atoms with Crippen molar-refractivity contribution in [3.63, 3.8) is 0 Å². The average molecular weight is 322 g/mol. The van der Waals surface area contributed by atoms with E-state index in [1.165, 1.54) is 6.20 Å². The molecule has 6 nitrogen and oxygen atoms in total. The van der Waals surface area contributed by atoms with Crippen LogP contribution >= 0.6 is 0 Å². The second-order valence-corrected chi connectivity index (χ2v) is 5.28. The van der Waals surface area contributed by atoms with Gasteiger partial charge in [-0.1, -0.05) is 42.5 Å². The highest BCUT2D eigenvalue weighted by molar-refractivity contribution is 5.91. The number of aromatic nitrogens is 3. The standard InChI is InChI=1S/C18H18N4O2/c23-18(17-12-20-22-21-17)19-11-10-14-6-8-16(9-7-14)24-13-15-4-2-1-3-5-15/h1-9,12H,10-11,13H2,(H,19,23)(H,20,21,22). The summed E-state index contributed by atoms with van der Waals surface area (Å²) in [6, 6.07) is 17.9. The van der Waals surface area contributed by atoms with Crippen molar-refractivity contribution in [2.45, 2.75) is 13.0 Å². The van der Waals surface area contributed by atoms with Crippen LogP contribution in [0, 0.1) is 0 Å². The molecule has 0 saturated heterocycles. The maximum Gasteiger partial charge on any atom is 0.273 e. The quantitative estimate of drug-likeness (QED) is 0.700. The molecule has 2 N–H and O–H groups in total. The summed E-state index contributed by atoms with van der Waals surface area (Å²) in [6.07, 6.45) is 2.14. The van der Waals surface area contributed by atoms with Crippen LogP contribution in [0.1, 0.15) is 21.6 Å². The van der Waals surface area contributed by atoms with E-state index < -0.39 is 0 Å². The molecule has 6 heteroatoms. The predicted molar refractivity (Wildman–Crippen MR) is 89.6 cm³/mol. The van der Waals surface area contributed by atoms with Crippen LogP contribution < -0.4 is 10.1 Å². The highest BCUT2D eigenvalue weighted by Gasteiger charge is 2.07. The SMILES string of the molecule is O=C(NCCc1ccc(OCc2ccccc2)cc1)c1cn[nH]n1. The second-order valence-electron chi connectivity index (χ2n) is 5.28. The first-order chi connectivity index (χ1) is 11.8. The molecule has 0 fully saturated rings. The smallest absolute Gasteiger partial charge is 0.273 e. The van der Waals surface area contributed by atoms with Crippen LogP contribution in [0.4, 0.5) is 0 Å². The number of rotatable bonds is 7. The summed E-state index contributed by atoms with van der Waals surface area (Å²) < 4.78 is 5.75. The van der Waals surface area contributed by atoms with Gasteiger partial charge in [-0.2, -0.15) is 15.4 Å². The molecule has 24 heavy (non-hydrogen) atoms. The van der Waals surface area contributed by atoms with Crippen molar-refractivity contribution in [1.82, 2.24) is 20.7 Å². The summed E-state index contributed by atoms with van der Waals surface area (Å²) in [6.45, 7) is 1.09. The molecule has 1 heterocycles. The Balaban J connectivity index is 1.43. The fourth-order valence-electron chi connectivity index (χ4n) is 2.22. The number of carbonyl (C=O) groups excluding carboxylic acids is 1. The summed E-state index contributed by atoms with van der Waals surface area (Å²) in [5, 5.41) is 12.6. The lowest BCUT2D eigenvalue weighted by Crippen LogP contribution is -2.26. The molecule has 1 amide bonds. The van der Waals surface area contributed by atoms with Gasteiger partial charge in [0.15, 0.2) is 5.69 Å². The Labute approximate surface area is 139 Å². The number of nitrogens with one attached hydrogen (secondary N) is 2. The molecule has 1 aromatic heterocycles. The molecule has 0 unspecified atom stereocenters. The third kappa shape index (κ3) is 4.42. The summed E-state index contributed by atoms with van der Waals surface area (Å²) in [5.74, 6) is 0.598. The first kappa shape index (κ1) is 15.7. The summed E-state index contributed by atoms with van der Waals surface area (Å²) in [5.41, 5.74) is 2.55. The fourth-order valence-corrected chi connectivity index (χ4v) is 2.22. The van der Waals surface area contributed by atoms with Gasteiger partial charge >= 0.3 is 0 Å². The first-order valence-electron chi connectivity index (χ1n) is 7.71. The highest BCUT2D eigenvalue weighted by Crippen LogP contribution is 2.14. The molecular formula is C18H18N4O2. The van der Waals surface area contributed by atoms with Gasteiger partial charge < -0.3 is 10.1 Å². The lowest BCUT2D eigenvalue weighted by atomic mass is 10.1. The monoisotopic (exact) mass is 322 g/mol. The van der Waals surface area contributed by atoms with Crippen molar-refractivity contribution in [3.8, 4) is 5.75 Å². The van der Waals surface area contributed by atoms with Gasteiger partial charge in [-0.15, -0.1) is 0 Å². The number of ether oxygens (including phenoxy) is 1. The highest BCUT2D eigenvalue weighted by atomic mass is 16.5. The minimum absolute atomic E-state index is 0.230. The zero-order chi connectivity index (χ0) is 16.6. The molecule has 3 aromatic rings. The summed E-state index contributed by atoms with van der Waals surface area (Å²) in [4.78, 5) is 11.7. The van der Waals surface area contributed by atoms with E-state index in [0.29, 0.717) is 18.8 Å². The minimum atomic E-state index is -0.230. The van der Waals surface area contributed by atoms with Gasteiger partial charge in [-0.05, 0) is 29.7 Å². The fraction of sp³-hybridized carbons (Fsp3) is 0.167. The Hall–Kier alpha value is -3.15. The van der Waals surface area contributed by atoms with Crippen LogP contribution in [0.25, 0.3) is 0 Å². The van der Waals surface area contributed by atoms with Crippen LogP contribution in [0.3, 0.4) is 0 Å². The summed E-state index contributed by atoms with van der Waals surface area (Å²) in [7, 11) is 0. The zero-order valence-electron chi connectivity index (χ0n) is 13.1. The first-order valence-corrected chi connectivity index (χ1v) is 7.71. The predicted octanol–water partition coefficient (Wildman–Crippen LogP) is 2.36. The molecule has 0 saturated carbocycles. The normalized spacial score (nSPS) is 10.3. The number of aromatic amines is 1. The maximum atomic E-state index is 11.7. The molecule has 0 atom stereocenters. The van der Waals surface area contributed by atoms with Crippen molar-refractivity contribution in [2.24, 2.45) is 0 Å². The molecular weight excluding hydrogens is 304 g/mol. The lowest BCUT2D eigenvalue weighted by molar-refractivity contribution is 0.0949.